The van der Waals surface area contributed by atoms with Crippen LogP contribution in [-0.4, -0.2) is 369 Å². The zero-order chi connectivity index (χ0) is 90.1. The highest BCUT2D eigenvalue weighted by atomic mass is 32.3. The van der Waals surface area contributed by atoms with E-state index in [1.165, 1.54) is 10.6 Å². The molecule has 0 unspecified atom stereocenters. The first-order valence-electron chi connectivity index (χ1n) is 26.3. The van der Waals surface area contributed by atoms with Crippen molar-refractivity contribution < 1.29 is 303 Å². The SMILES string of the molecule is O=C(NCCCNC(=O)[C@H](OS(=O)(=O)O)[C@H](OS(=O)(=O)O)[C@@H](O[C@H]1O[C@@H](COS(=O)(=O)O)[C@@H](OS(=O)(=O)O)[C@@H](OS(=O)(=O)O)[C@@H]1OS(=O)(=O)O)[C@H](COS(=O)(=O)O)OS(=O)(=O)O)[C@@H](OS(=O)(=O)O)[C@@H](OS(=O)(=O)O)[C@H](O[C@@H]1O[C@H](COS(=O)(=O)O)[C@H](OS(=O)(=O)O)[C@H](OS(=O)(=O)O)[C@H]1OS(=O)(=O)O)[C@@H](COS(=O)(=O)O)OS(=O)(=O)O. The number of ether oxygens (including phenoxy) is 4. The lowest BCUT2D eigenvalue weighted by Gasteiger charge is -2.45. The molecule has 0 radical (unpaired) electrons. The van der Waals surface area contributed by atoms with Gasteiger partial charge in [0.25, 0.3) is 11.8 Å². The molecule has 0 aromatic heterocycles. The molecule has 684 valence electrons. The molecular formula is C27H50N2O70S16. The van der Waals surface area contributed by atoms with Crippen molar-refractivity contribution in [2.75, 3.05) is 39.5 Å². The molecule has 72 nitrogen and oxygen atoms in total. The summed E-state index contributed by atoms with van der Waals surface area (Å²) in [6.45, 7) is -13.5. The fraction of sp³-hybridized carbons (Fsp3) is 0.926. The second-order valence-corrected chi connectivity index (χ2v) is 36.9. The molecule has 0 saturated carbocycles. The third-order valence-corrected chi connectivity index (χ3v) is 18.9. The van der Waals surface area contributed by atoms with Crippen LogP contribution >= 0.6 is 0 Å². The maximum absolute atomic E-state index is 14.2. The molecule has 2 aliphatic rings. The maximum Gasteiger partial charge on any atom is 0.398 e. The van der Waals surface area contributed by atoms with Crippen molar-refractivity contribution >= 4 is 178 Å². The Balaban J connectivity index is 3.25. The lowest BCUT2D eigenvalue weighted by atomic mass is 9.98. The largest absolute Gasteiger partial charge is 0.398 e. The summed E-state index contributed by atoms with van der Waals surface area (Å²) in [5, 5.41) is 2.57. The highest BCUT2D eigenvalue weighted by Crippen LogP contribution is 2.38. The Morgan fingerprint density at radius 3 is 0.713 bits per heavy atom. The Bertz CT molecular complexity index is 5030. The minimum atomic E-state index is -6.97. The van der Waals surface area contributed by atoms with Gasteiger partial charge in [-0.1, -0.05) is 0 Å². The molecule has 88 heteroatoms. The molecule has 0 bridgehead atoms. The van der Waals surface area contributed by atoms with E-state index in [0.717, 1.165) is 0 Å². The predicted molar refractivity (Wildman–Crippen MR) is 325 cm³/mol. The minimum absolute atomic E-state index is 1.29. The van der Waals surface area contributed by atoms with Crippen molar-refractivity contribution in [2.24, 2.45) is 0 Å². The Morgan fingerprint density at radius 1 is 0.270 bits per heavy atom. The Labute approximate surface area is 643 Å². The summed E-state index contributed by atoms with van der Waals surface area (Å²) in [5.74, 6) is -5.56. The molecule has 0 aromatic rings. The first-order valence-corrected chi connectivity index (χ1v) is 48.1. The maximum atomic E-state index is 14.2. The summed E-state index contributed by atoms with van der Waals surface area (Å²) in [6.07, 6.45) is -72.6. The summed E-state index contributed by atoms with van der Waals surface area (Å²) in [4.78, 5) is 28.4. The highest BCUT2D eigenvalue weighted by molar-refractivity contribution is 7.84. The Morgan fingerprint density at radius 2 is 0.496 bits per heavy atom. The van der Waals surface area contributed by atoms with Gasteiger partial charge in [-0.15, -0.1) is 0 Å². The quantitative estimate of drug-likeness (QED) is 0.0199. The van der Waals surface area contributed by atoms with Gasteiger partial charge in [0, 0.05) is 13.1 Å². The van der Waals surface area contributed by atoms with Crippen LogP contribution in [0.15, 0.2) is 0 Å². The fourth-order valence-electron chi connectivity index (χ4n) is 8.39. The van der Waals surface area contributed by atoms with E-state index < -0.39 is 334 Å². The standard InChI is InChI=1S/C27H50N2O70S16/c30-24(20(96-112(68,69)70)16(92-108(56,57)58)12(10(88-104(44,45)46)6-82-102(38,39)40)86-26-22(98-114(74,75)76)18(94-110(62,63)64)14(90-106(50,51)52)8(84-26)4-80-100(32,33)34)28-2-1-3-29-25(31)21(97-113(71,72)73)17(93-109(59,60)61)13(11(89-105(47,48)49)7-83-103(41,42)43)87-27-23(99-115(77,78)79)19(95-111(65,66)67)15(91-107(53,54)55)9(85-27)5-81-101(35,36)37/h8-23,26-27H,1-7H2,(H,28,30)(H,29,31)(H,32,33,34)(H,35,36,37)(H,38,39,40)(H,41,42,43)(H,44,45,46)(H,47,48,49)(H,50,51,52)(H,53,54,55)(H,56,57,58)(H,59,60,61)(H,62,63,64)(H,65,66,67)(H,68,69,70)(H,71,72,73)(H,74,75,76)(H,77,78,79)/t8-,9+,10-,11+,12-,13+,14+,15-,16+,17-,18+,19-,20+,21-,22-,23+,26+,27-. The Hall–Kier alpha value is -3.30. The summed E-state index contributed by atoms with van der Waals surface area (Å²) >= 11 is 0. The summed E-state index contributed by atoms with van der Waals surface area (Å²) < 4.78 is 628. The van der Waals surface area contributed by atoms with Crippen molar-refractivity contribution in [1.29, 1.82) is 0 Å². The van der Waals surface area contributed by atoms with E-state index in [1.807, 2.05) is 0 Å². The van der Waals surface area contributed by atoms with E-state index in [0.29, 0.717) is 0 Å². The molecule has 2 amide bonds. The van der Waals surface area contributed by atoms with E-state index >= 15 is 0 Å². The zero-order valence-corrected chi connectivity index (χ0v) is 66.1. The van der Waals surface area contributed by atoms with Crippen LogP contribution in [-0.2, 0) is 262 Å². The number of hydrogen-bond acceptors (Lipinski definition) is 54. The summed E-state index contributed by atoms with van der Waals surface area (Å²) in [5.41, 5.74) is 0. The fourth-order valence-corrected chi connectivity index (χ4v) is 15.5. The lowest BCUT2D eigenvalue weighted by molar-refractivity contribution is -0.312. The molecule has 2 fully saturated rings. The second kappa shape index (κ2) is 40.4. The van der Waals surface area contributed by atoms with Gasteiger partial charge in [-0.2, -0.15) is 135 Å². The average Bonchev–Trinajstić information content (AvgIpc) is 0.766. The third-order valence-electron chi connectivity index (χ3n) is 11.5. The van der Waals surface area contributed by atoms with E-state index in [4.69, 9.17) is 18.9 Å². The molecule has 2 aliphatic heterocycles. The van der Waals surface area contributed by atoms with E-state index in [-0.39, 0.29) is 0 Å². The van der Waals surface area contributed by atoms with Crippen molar-refractivity contribution in [3.63, 3.8) is 0 Å². The van der Waals surface area contributed by atoms with Crippen molar-refractivity contribution in [2.45, 2.75) is 117 Å². The molecule has 2 rings (SSSR count). The zero-order valence-electron chi connectivity index (χ0n) is 53.1. The van der Waals surface area contributed by atoms with Gasteiger partial charge >= 0.3 is 166 Å². The van der Waals surface area contributed by atoms with E-state index in [2.05, 4.69) is 66.9 Å². The van der Waals surface area contributed by atoms with Crippen molar-refractivity contribution in [3.05, 3.63) is 0 Å². The average molecular weight is 2040 g/mol. The van der Waals surface area contributed by atoms with Crippen molar-refractivity contribution in [1.82, 2.24) is 10.6 Å². The van der Waals surface area contributed by atoms with Gasteiger partial charge in [-0.25, -0.2) is 66.9 Å². The second-order valence-electron chi connectivity index (χ2n) is 20.0. The molecule has 0 aliphatic carbocycles. The van der Waals surface area contributed by atoms with Crippen LogP contribution in [0.2, 0.25) is 0 Å². The number of amides is 2. The number of hydrogen-bond donors (Lipinski definition) is 18. The van der Waals surface area contributed by atoms with E-state index in [1.54, 1.807) is 0 Å². The van der Waals surface area contributed by atoms with Crippen LogP contribution in [0.5, 0.6) is 0 Å². The smallest absolute Gasteiger partial charge is 0.354 e. The van der Waals surface area contributed by atoms with Crippen LogP contribution in [0.3, 0.4) is 0 Å². The van der Waals surface area contributed by atoms with Gasteiger partial charge in [0.2, 0.25) is 0 Å². The monoisotopic (exact) mass is 2030 g/mol. The van der Waals surface area contributed by atoms with Crippen LogP contribution in [0.25, 0.3) is 0 Å². The number of carbonyl (C=O) groups is 2. The molecule has 18 atom stereocenters. The van der Waals surface area contributed by atoms with E-state index in [9.17, 15) is 217 Å². The highest BCUT2D eigenvalue weighted by Gasteiger charge is 2.60. The van der Waals surface area contributed by atoms with Gasteiger partial charge in [0.05, 0.1) is 26.4 Å². The van der Waals surface area contributed by atoms with Crippen LogP contribution in [0.1, 0.15) is 6.42 Å². The van der Waals surface area contributed by atoms with Crippen LogP contribution in [0.4, 0.5) is 0 Å². The number of carbonyl (C=O) groups excluding carboxylic acids is 2. The normalized spacial score (nSPS) is 24.3. The van der Waals surface area contributed by atoms with Crippen LogP contribution < -0.4 is 10.6 Å². The minimum Gasteiger partial charge on any atom is -0.354 e. The summed E-state index contributed by atoms with van der Waals surface area (Å²) in [6, 6.07) is 0. The predicted octanol–water partition coefficient (Wildman–Crippen LogP) is -14.6. The lowest BCUT2D eigenvalue weighted by Crippen LogP contribution is -2.65. The molecule has 2 saturated heterocycles. The van der Waals surface area contributed by atoms with Crippen LogP contribution in [0, 0.1) is 0 Å². The van der Waals surface area contributed by atoms with Crippen molar-refractivity contribution in [3.8, 4) is 0 Å². The first kappa shape index (κ1) is 108. The van der Waals surface area contributed by atoms with Gasteiger partial charge < -0.3 is 29.6 Å². The topological polar surface area (TPSA) is 1110 Å². The molecule has 115 heavy (non-hydrogen) atoms. The molecule has 2 heterocycles. The van der Waals surface area contributed by atoms with Gasteiger partial charge in [-0.05, 0) is 6.42 Å². The number of nitrogens with one attached hydrogen (secondary N) is 2. The van der Waals surface area contributed by atoms with Gasteiger partial charge in [0.1, 0.15) is 73.2 Å². The third kappa shape index (κ3) is 46.0. The number of rotatable bonds is 52. The summed E-state index contributed by atoms with van der Waals surface area (Å²) in [7, 11) is -105. The molecule has 18 N–H and O–H groups in total. The first-order chi connectivity index (χ1) is 50.8. The molecule has 0 aromatic carbocycles. The van der Waals surface area contributed by atoms with Gasteiger partial charge in [0.15, 0.2) is 37.0 Å². The molecule has 0 spiro atoms. The van der Waals surface area contributed by atoms with Gasteiger partial charge in [-0.3, -0.25) is 82.4 Å². The Kier molecular flexibility index (Phi) is 37.8. The molecular weight excluding hydrogens is 1990 g/mol.